The predicted octanol–water partition coefficient (Wildman–Crippen LogP) is 6.04. The molecule has 1 fully saturated rings. The monoisotopic (exact) mass is 534 g/mol. The van der Waals surface area contributed by atoms with Crippen LogP contribution in [-0.2, 0) is 6.54 Å². The smallest absolute Gasteiger partial charge is 0.315 e. The summed E-state index contributed by atoms with van der Waals surface area (Å²) in [4.78, 5) is 17.4. The van der Waals surface area contributed by atoms with Crippen molar-refractivity contribution in [3.63, 3.8) is 0 Å². The van der Waals surface area contributed by atoms with Gasteiger partial charge >= 0.3 is 6.03 Å². The number of rotatable bonds is 10. The second-order valence-corrected chi connectivity index (χ2v) is 10.1. The van der Waals surface area contributed by atoms with E-state index in [1.807, 2.05) is 30.3 Å². The van der Waals surface area contributed by atoms with Gasteiger partial charge < -0.3 is 20.3 Å². The molecule has 4 aromatic carbocycles. The Morgan fingerprint density at radius 2 is 1.38 bits per heavy atom. The van der Waals surface area contributed by atoms with Gasteiger partial charge in [-0.05, 0) is 52.9 Å². The summed E-state index contributed by atoms with van der Waals surface area (Å²) in [6, 6.07) is 35.3. The minimum Gasteiger partial charge on any atom is -0.495 e. The van der Waals surface area contributed by atoms with E-state index in [-0.39, 0.29) is 6.03 Å². The third kappa shape index (κ3) is 7.01. The average Bonchev–Trinajstić information content (AvgIpc) is 3.03. The first kappa shape index (κ1) is 27.3. The number of piperazine rings is 1. The van der Waals surface area contributed by atoms with Crippen LogP contribution in [0.5, 0.6) is 5.75 Å². The Hall–Kier alpha value is -4.29. The first-order valence-electron chi connectivity index (χ1n) is 14.1. The lowest BCUT2D eigenvalue weighted by molar-refractivity contribution is 0.235. The number of urea groups is 1. The Morgan fingerprint density at radius 1 is 0.725 bits per heavy atom. The van der Waals surface area contributed by atoms with Crippen LogP contribution in [0.3, 0.4) is 0 Å². The summed E-state index contributed by atoms with van der Waals surface area (Å²) in [6.45, 7) is 6.07. The van der Waals surface area contributed by atoms with Gasteiger partial charge in [0, 0.05) is 39.3 Å². The van der Waals surface area contributed by atoms with Crippen molar-refractivity contribution in [2.24, 2.45) is 0 Å². The number of anilines is 1. The molecule has 0 spiro atoms. The van der Waals surface area contributed by atoms with Gasteiger partial charge in [-0.3, -0.25) is 4.90 Å². The van der Waals surface area contributed by atoms with Crippen LogP contribution < -0.4 is 20.3 Å². The molecule has 2 amide bonds. The second kappa shape index (κ2) is 13.7. The molecule has 5 rings (SSSR count). The molecule has 1 saturated heterocycles. The first-order valence-corrected chi connectivity index (χ1v) is 14.1. The van der Waals surface area contributed by atoms with Crippen molar-refractivity contribution in [3.8, 4) is 28.0 Å². The number of nitrogens with zero attached hydrogens (tertiary/aromatic N) is 2. The van der Waals surface area contributed by atoms with Gasteiger partial charge in [-0.1, -0.05) is 91.0 Å². The Bertz CT molecular complexity index is 1370. The number of hydrogen-bond donors (Lipinski definition) is 2. The SMILES string of the molecule is COc1ccccc1N1CCN(CCCNC(=O)NCc2ccccc2-c2ccc(-c3ccccc3)cc2)CC1. The molecule has 0 bridgehead atoms. The van der Waals surface area contributed by atoms with Gasteiger partial charge in [0.25, 0.3) is 0 Å². The standard InChI is InChI=1S/C34H38N4O2/c1-40-33-15-8-7-14-32(33)38-24-22-37(23-25-38)21-9-20-35-34(39)36-26-30-12-5-6-13-31(30)29-18-16-28(17-19-29)27-10-3-2-4-11-27/h2-8,10-19H,9,20-26H2,1H3,(H2,35,36,39). The molecule has 6 heteroatoms. The van der Waals surface area contributed by atoms with Crippen LogP contribution >= 0.6 is 0 Å². The maximum Gasteiger partial charge on any atom is 0.315 e. The van der Waals surface area contributed by atoms with Gasteiger partial charge in [-0.15, -0.1) is 0 Å². The van der Waals surface area contributed by atoms with E-state index < -0.39 is 0 Å². The molecule has 0 saturated carbocycles. The zero-order chi connectivity index (χ0) is 27.6. The fourth-order valence-electron chi connectivity index (χ4n) is 5.27. The number of nitrogens with one attached hydrogen (secondary N) is 2. The van der Waals surface area contributed by atoms with Gasteiger partial charge in [0.2, 0.25) is 0 Å². The molecular weight excluding hydrogens is 496 g/mol. The molecule has 40 heavy (non-hydrogen) atoms. The topological polar surface area (TPSA) is 56.8 Å². The lowest BCUT2D eigenvalue weighted by Gasteiger charge is -2.36. The van der Waals surface area contributed by atoms with Gasteiger partial charge in [0.15, 0.2) is 0 Å². The largest absolute Gasteiger partial charge is 0.495 e. The fraction of sp³-hybridized carbons (Fsp3) is 0.265. The van der Waals surface area contributed by atoms with Gasteiger partial charge in [-0.25, -0.2) is 4.79 Å². The van der Waals surface area contributed by atoms with Crippen LogP contribution in [0, 0.1) is 0 Å². The first-order chi connectivity index (χ1) is 19.7. The highest BCUT2D eigenvalue weighted by Crippen LogP contribution is 2.29. The molecule has 0 aromatic heterocycles. The zero-order valence-corrected chi connectivity index (χ0v) is 23.2. The molecule has 6 nitrogen and oxygen atoms in total. The predicted molar refractivity (Wildman–Crippen MR) is 164 cm³/mol. The number of para-hydroxylation sites is 2. The molecule has 4 aromatic rings. The van der Waals surface area contributed by atoms with Crippen LogP contribution in [-0.4, -0.2) is 57.3 Å². The highest BCUT2D eigenvalue weighted by atomic mass is 16.5. The number of carbonyl (C=O) groups is 1. The highest BCUT2D eigenvalue weighted by molar-refractivity contribution is 5.75. The van der Waals surface area contributed by atoms with Gasteiger partial charge in [-0.2, -0.15) is 0 Å². The summed E-state index contributed by atoms with van der Waals surface area (Å²) in [7, 11) is 1.72. The molecular formula is C34H38N4O2. The van der Waals surface area contributed by atoms with E-state index >= 15 is 0 Å². The summed E-state index contributed by atoms with van der Waals surface area (Å²) in [5.74, 6) is 0.926. The minimum absolute atomic E-state index is 0.129. The van der Waals surface area contributed by atoms with Crippen molar-refractivity contribution >= 4 is 11.7 Å². The van der Waals surface area contributed by atoms with E-state index in [9.17, 15) is 4.79 Å². The molecule has 0 aliphatic carbocycles. The molecule has 1 aliphatic heterocycles. The van der Waals surface area contributed by atoms with Crippen LogP contribution in [0.1, 0.15) is 12.0 Å². The van der Waals surface area contributed by atoms with Crippen molar-refractivity contribution < 1.29 is 9.53 Å². The van der Waals surface area contributed by atoms with Crippen LogP contribution in [0.4, 0.5) is 10.5 Å². The van der Waals surface area contributed by atoms with E-state index in [0.29, 0.717) is 13.1 Å². The van der Waals surface area contributed by atoms with E-state index in [0.717, 1.165) is 67.3 Å². The van der Waals surface area contributed by atoms with Gasteiger partial charge in [0.05, 0.1) is 12.8 Å². The summed E-state index contributed by atoms with van der Waals surface area (Å²) in [6.07, 6.45) is 0.923. The highest BCUT2D eigenvalue weighted by Gasteiger charge is 2.19. The molecule has 2 N–H and O–H groups in total. The minimum atomic E-state index is -0.129. The second-order valence-electron chi connectivity index (χ2n) is 10.1. The maximum absolute atomic E-state index is 12.5. The average molecular weight is 535 g/mol. The lowest BCUT2D eigenvalue weighted by atomic mass is 9.97. The summed E-state index contributed by atoms with van der Waals surface area (Å²) in [5.41, 5.74) is 6.93. The third-order valence-corrected chi connectivity index (χ3v) is 7.49. The number of ether oxygens (including phenoxy) is 1. The Labute approximate surface area is 237 Å². The molecule has 1 heterocycles. The van der Waals surface area contributed by atoms with Crippen molar-refractivity contribution in [1.29, 1.82) is 0 Å². The number of carbonyl (C=O) groups excluding carboxylic acids is 1. The Morgan fingerprint density at radius 3 is 2.15 bits per heavy atom. The molecule has 0 atom stereocenters. The van der Waals surface area contributed by atoms with E-state index in [2.05, 4.69) is 93.2 Å². The number of benzene rings is 4. The van der Waals surface area contributed by atoms with E-state index in [1.165, 1.54) is 11.1 Å². The van der Waals surface area contributed by atoms with Crippen molar-refractivity contribution in [1.82, 2.24) is 15.5 Å². The van der Waals surface area contributed by atoms with Crippen LogP contribution in [0.15, 0.2) is 103 Å². The van der Waals surface area contributed by atoms with Crippen LogP contribution in [0.25, 0.3) is 22.3 Å². The molecule has 206 valence electrons. The normalized spacial score (nSPS) is 13.6. The zero-order valence-electron chi connectivity index (χ0n) is 23.2. The third-order valence-electron chi connectivity index (χ3n) is 7.49. The van der Waals surface area contributed by atoms with E-state index in [4.69, 9.17) is 4.74 Å². The fourth-order valence-corrected chi connectivity index (χ4v) is 5.27. The van der Waals surface area contributed by atoms with Crippen LogP contribution in [0.2, 0.25) is 0 Å². The number of amides is 2. The van der Waals surface area contributed by atoms with Crippen molar-refractivity contribution in [2.75, 3.05) is 51.3 Å². The Kier molecular flexibility index (Phi) is 9.33. The summed E-state index contributed by atoms with van der Waals surface area (Å²) < 4.78 is 5.52. The van der Waals surface area contributed by atoms with Crippen molar-refractivity contribution in [3.05, 3.63) is 109 Å². The number of hydrogen-bond acceptors (Lipinski definition) is 4. The van der Waals surface area contributed by atoms with Crippen molar-refractivity contribution in [2.45, 2.75) is 13.0 Å². The van der Waals surface area contributed by atoms with E-state index in [1.54, 1.807) is 7.11 Å². The summed E-state index contributed by atoms with van der Waals surface area (Å²) >= 11 is 0. The Balaban J connectivity index is 1.04. The summed E-state index contributed by atoms with van der Waals surface area (Å²) in [5, 5.41) is 6.06. The maximum atomic E-state index is 12.5. The lowest BCUT2D eigenvalue weighted by Crippen LogP contribution is -2.47. The molecule has 0 unspecified atom stereocenters. The van der Waals surface area contributed by atoms with Gasteiger partial charge in [0.1, 0.15) is 5.75 Å². The molecule has 0 radical (unpaired) electrons. The quantitative estimate of drug-likeness (QED) is 0.244. The number of methoxy groups -OCH3 is 1. The molecule has 1 aliphatic rings.